The number of carbonyl (C=O) groups is 1. The van der Waals surface area contributed by atoms with Crippen LogP contribution in [-0.2, 0) is 12.8 Å². The fraction of sp³-hybridized carbons (Fsp3) is 0.182. The summed E-state index contributed by atoms with van der Waals surface area (Å²) in [5.41, 5.74) is 5.76. The summed E-state index contributed by atoms with van der Waals surface area (Å²) in [5.74, 6) is -0.212. The van der Waals surface area contributed by atoms with Gasteiger partial charge in [-0.15, -0.1) is 0 Å². The van der Waals surface area contributed by atoms with Crippen molar-refractivity contribution in [3.63, 3.8) is 0 Å². The minimum absolute atomic E-state index is 0.205. The maximum Gasteiger partial charge on any atom is 0.343 e. The molecule has 0 N–H and O–H groups in total. The van der Waals surface area contributed by atoms with Crippen molar-refractivity contribution in [2.75, 3.05) is 0 Å². The molecule has 2 nitrogen and oxygen atoms in total. The Balaban J connectivity index is 1.36. The van der Waals surface area contributed by atoms with E-state index < -0.39 is 5.97 Å². The number of halogens is 1. The molecule has 0 bridgehead atoms. The zero-order valence-corrected chi connectivity index (χ0v) is 20.8. The molecule has 4 aromatic carbocycles. The maximum absolute atomic E-state index is 14.3. The first-order chi connectivity index (χ1) is 17.5. The summed E-state index contributed by atoms with van der Waals surface area (Å²) in [6, 6.07) is 31.0. The Hall–Kier alpha value is -3.98. The van der Waals surface area contributed by atoms with Crippen molar-refractivity contribution in [1.29, 1.82) is 0 Å². The predicted octanol–water partition coefficient (Wildman–Crippen LogP) is 8.57. The summed E-state index contributed by atoms with van der Waals surface area (Å²) in [6.45, 7) is 4.19. The number of hydrogen-bond donors (Lipinski definition) is 0. The van der Waals surface area contributed by atoms with E-state index in [2.05, 4.69) is 55.5 Å². The second kappa shape index (κ2) is 12.1. The molecule has 0 amide bonds. The first kappa shape index (κ1) is 25.1. The summed E-state index contributed by atoms with van der Waals surface area (Å²) in [6.07, 6.45) is 6.31. The minimum atomic E-state index is -0.507. The molecule has 0 saturated heterocycles. The number of esters is 1. The van der Waals surface area contributed by atoms with Crippen LogP contribution in [0.1, 0.15) is 53.2 Å². The highest BCUT2D eigenvalue weighted by Gasteiger charge is 2.12. The minimum Gasteiger partial charge on any atom is -0.423 e. The fourth-order valence-electron chi connectivity index (χ4n) is 4.25. The van der Waals surface area contributed by atoms with Crippen LogP contribution in [0.2, 0.25) is 0 Å². The standard InChI is InChI=1S/C33H31FO2/c1-3-4-6-11-29-20-21-31(23-32(29)34)36-33(35)30-18-16-28(17-19-30)27-14-12-25(13-15-27)22-24(2)26-9-7-5-8-10-26/h3-5,7-10,12-21,23-24H,6,11,22H2,1-2H3/b4-3+/t24-/m1/s1. The van der Waals surface area contributed by atoms with Gasteiger partial charge in [0.25, 0.3) is 0 Å². The van der Waals surface area contributed by atoms with Crippen LogP contribution in [0.3, 0.4) is 0 Å². The van der Waals surface area contributed by atoms with Crippen LogP contribution in [0.5, 0.6) is 5.75 Å². The molecule has 4 rings (SSSR count). The van der Waals surface area contributed by atoms with E-state index in [4.69, 9.17) is 4.74 Å². The van der Waals surface area contributed by atoms with Crippen LogP contribution in [0.25, 0.3) is 11.1 Å². The van der Waals surface area contributed by atoms with Crippen molar-refractivity contribution >= 4 is 5.97 Å². The molecule has 4 aromatic rings. The molecule has 1 atom stereocenters. The van der Waals surface area contributed by atoms with E-state index in [1.54, 1.807) is 24.3 Å². The van der Waals surface area contributed by atoms with Crippen molar-refractivity contribution in [1.82, 2.24) is 0 Å². The van der Waals surface area contributed by atoms with E-state index >= 15 is 0 Å². The summed E-state index contributed by atoms with van der Waals surface area (Å²) in [7, 11) is 0. The quantitative estimate of drug-likeness (QED) is 0.137. The van der Waals surface area contributed by atoms with Crippen molar-refractivity contribution in [3.8, 4) is 16.9 Å². The van der Waals surface area contributed by atoms with E-state index in [0.29, 0.717) is 23.5 Å². The summed E-state index contributed by atoms with van der Waals surface area (Å²) in [5, 5.41) is 0. The Labute approximate surface area is 213 Å². The zero-order chi connectivity index (χ0) is 25.3. The van der Waals surface area contributed by atoms with E-state index in [1.165, 1.54) is 17.2 Å². The van der Waals surface area contributed by atoms with E-state index in [9.17, 15) is 9.18 Å². The van der Waals surface area contributed by atoms with Gasteiger partial charge in [-0.3, -0.25) is 0 Å². The fourth-order valence-corrected chi connectivity index (χ4v) is 4.25. The van der Waals surface area contributed by atoms with Crippen molar-refractivity contribution < 1.29 is 13.9 Å². The highest BCUT2D eigenvalue weighted by Crippen LogP contribution is 2.25. The Morgan fingerprint density at radius 1 is 0.889 bits per heavy atom. The predicted molar refractivity (Wildman–Crippen MR) is 145 cm³/mol. The number of aryl methyl sites for hydroxylation is 1. The molecule has 0 fully saturated rings. The van der Waals surface area contributed by atoms with Crippen LogP contribution >= 0.6 is 0 Å². The average Bonchev–Trinajstić information content (AvgIpc) is 2.91. The summed E-state index contributed by atoms with van der Waals surface area (Å²) in [4.78, 5) is 12.6. The highest BCUT2D eigenvalue weighted by atomic mass is 19.1. The number of hydrogen-bond acceptors (Lipinski definition) is 2. The molecule has 0 radical (unpaired) electrons. The molecule has 182 valence electrons. The van der Waals surface area contributed by atoms with Crippen LogP contribution in [0, 0.1) is 5.82 Å². The average molecular weight is 479 g/mol. The van der Waals surface area contributed by atoms with Gasteiger partial charge in [-0.1, -0.05) is 91.9 Å². The van der Waals surface area contributed by atoms with Gasteiger partial charge in [-0.2, -0.15) is 0 Å². The van der Waals surface area contributed by atoms with Crippen molar-refractivity contribution in [3.05, 3.63) is 137 Å². The Kier molecular flexibility index (Phi) is 8.46. The third-order valence-electron chi connectivity index (χ3n) is 6.37. The molecule has 0 aliphatic rings. The van der Waals surface area contributed by atoms with Gasteiger partial charge in [-0.05, 0) is 78.1 Å². The largest absolute Gasteiger partial charge is 0.423 e. The summed E-state index contributed by atoms with van der Waals surface area (Å²) < 4.78 is 19.7. The number of rotatable bonds is 9. The maximum atomic E-state index is 14.3. The van der Waals surface area contributed by atoms with Crippen LogP contribution in [-0.4, -0.2) is 5.97 Å². The second-order valence-corrected chi connectivity index (χ2v) is 9.04. The van der Waals surface area contributed by atoms with E-state index in [-0.39, 0.29) is 11.6 Å². The molecule has 36 heavy (non-hydrogen) atoms. The zero-order valence-electron chi connectivity index (χ0n) is 20.8. The third kappa shape index (κ3) is 6.57. The number of carbonyl (C=O) groups excluding carboxylic acids is 1. The van der Waals surface area contributed by atoms with Gasteiger partial charge >= 0.3 is 5.97 Å². The molecule has 0 spiro atoms. The first-order valence-electron chi connectivity index (χ1n) is 12.4. The van der Waals surface area contributed by atoms with E-state index in [0.717, 1.165) is 24.0 Å². The van der Waals surface area contributed by atoms with Crippen LogP contribution < -0.4 is 4.74 Å². The van der Waals surface area contributed by atoms with Crippen LogP contribution in [0.4, 0.5) is 4.39 Å². The highest BCUT2D eigenvalue weighted by molar-refractivity contribution is 5.91. The Morgan fingerprint density at radius 2 is 1.56 bits per heavy atom. The molecule has 0 heterocycles. The molecular formula is C33H31FO2. The van der Waals surface area contributed by atoms with Gasteiger partial charge in [-0.25, -0.2) is 9.18 Å². The second-order valence-electron chi connectivity index (χ2n) is 9.04. The van der Waals surface area contributed by atoms with Gasteiger partial charge in [0.1, 0.15) is 11.6 Å². The lowest BCUT2D eigenvalue weighted by molar-refractivity contribution is 0.0734. The van der Waals surface area contributed by atoms with Gasteiger partial charge in [0.2, 0.25) is 0 Å². The number of benzene rings is 4. The lowest BCUT2D eigenvalue weighted by atomic mass is 9.93. The Morgan fingerprint density at radius 3 is 2.19 bits per heavy atom. The number of allylic oxidation sites excluding steroid dienone is 2. The molecule has 0 aromatic heterocycles. The van der Waals surface area contributed by atoms with Crippen molar-refractivity contribution in [2.24, 2.45) is 0 Å². The molecule has 3 heteroatoms. The molecule has 0 aliphatic carbocycles. The molecular weight excluding hydrogens is 447 g/mol. The van der Waals surface area contributed by atoms with E-state index in [1.807, 2.05) is 37.3 Å². The first-order valence-corrected chi connectivity index (χ1v) is 12.4. The smallest absolute Gasteiger partial charge is 0.343 e. The SMILES string of the molecule is C/C=C/CCc1ccc(OC(=O)c2ccc(-c3ccc(C[C@@H](C)c4ccccc4)cc3)cc2)cc1F. The molecule has 0 unspecified atom stereocenters. The van der Waals surface area contributed by atoms with Gasteiger partial charge < -0.3 is 4.74 Å². The summed E-state index contributed by atoms with van der Waals surface area (Å²) >= 11 is 0. The molecule has 0 aliphatic heterocycles. The molecule has 0 saturated carbocycles. The topological polar surface area (TPSA) is 26.3 Å². The van der Waals surface area contributed by atoms with Gasteiger partial charge in [0, 0.05) is 6.07 Å². The van der Waals surface area contributed by atoms with Crippen LogP contribution in [0.15, 0.2) is 109 Å². The van der Waals surface area contributed by atoms with Crippen molar-refractivity contribution in [2.45, 2.75) is 39.0 Å². The normalized spacial score (nSPS) is 12.0. The lowest BCUT2D eigenvalue weighted by Gasteiger charge is -2.12. The Bertz CT molecular complexity index is 1310. The van der Waals surface area contributed by atoms with Gasteiger partial charge in [0.05, 0.1) is 5.56 Å². The lowest BCUT2D eigenvalue weighted by Crippen LogP contribution is -2.08. The van der Waals surface area contributed by atoms with Gasteiger partial charge in [0.15, 0.2) is 0 Å². The monoisotopic (exact) mass is 478 g/mol. The number of ether oxygens (including phenoxy) is 1. The third-order valence-corrected chi connectivity index (χ3v) is 6.37.